The predicted molar refractivity (Wildman–Crippen MR) is 101 cm³/mol. The Morgan fingerprint density at radius 2 is 1.80 bits per heavy atom. The van der Waals surface area contributed by atoms with Crippen LogP contribution in [-0.2, 0) is 0 Å². The number of anilines is 2. The molecule has 0 atom stereocenters. The smallest absolute Gasteiger partial charge is 0.161 e. The summed E-state index contributed by atoms with van der Waals surface area (Å²) in [4.78, 5) is 9.29. The Bertz CT molecular complexity index is 1060. The molecule has 0 amide bonds. The molecule has 4 aromatic rings. The number of benzene rings is 2. The van der Waals surface area contributed by atoms with E-state index in [0.29, 0.717) is 0 Å². The second-order valence-corrected chi connectivity index (χ2v) is 6.34. The summed E-state index contributed by atoms with van der Waals surface area (Å²) in [5, 5.41) is 11.5. The highest BCUT2D eigenvalue weighted by atomic mass is 15.1. The van der Waals surface area contributed by atoms with Gasteiger partial charge < -0.3 is 5.32 Å². The highest BCUT2D eigenvalue weighted by Crippen LogP contribution is 2.26. The zero-order valence-electron chi connectivity index (χ0n) is 14.5. The van der Waals surface area contributed by atoms with Crippen LogP contribution in [0.15, 0.2) is 48.8 Å². The summed E-state index contributed by atoms with van der Waals surface area (Å²) in [6.07, 6.45) is 3.68. The molecule has 2 aromatic carbocycles. The van der Waals surface area contributed by atoms with Gasteiger partial charge in [0.15, 0.2) is 5.82 Å². The van der Waals surface area contributed by atoms with Crippen LogP contribution in [-0.4, -0.2) is 20.2 Å². The summed E-state index contributed by atoms with van der Waals surface area (Å²) in [6.45, 7) is 6.17. The molecule has 5 nitrogen and oxygen atoms in total. The third kappa shape index (κ3) is 2.96. The molecule has 4 rings (SSSR count). The molecule has 2 aromatic heterocycles. The molecule has 0 saturated carbocycles. The summed E-state index contributed by atoms with van der Waals surface area (Å²) >= 11 is 0. The average molecular weight is 329 g/mol. The third-order valence-electron chi connectivity index (χ3n) is 4.31. The highest BCUT2D eigenvalue weighted by Gasteiger charge is 2.09. The summed E-state index contributed by atoms with van der Waals surface area (Å²) in [5.74, 6) is 1.55. The number of rotatable bonds is 3. The second-order valence-electron chi connectivity index (χ2n) is 6.34. The topological polar surface area (TPSA) is 66.5 Å². The Labute approximate surface area is 146 Å². The van der Waals surface area contributed by atoms with Crippen LogP contribution in [0.5, 0.6) is 0 Å². The zero-order valence-corrected chi connectivity index (χ0v) is 14.5. The predicted octanol–water partition coefficient (Wildman–Crippen LogP) is 4.69. The van der Waals surface area contributed by atoms with Crippen molar-refractivity contribution in [3.63, 3.8) is 0 Å². The van der Waals surface area contributed by atoms with Crippen LogP contribution in [0.1, 0.15) is 16.7 Å². The van der Waals surface area contributed by atoms with Gasteiger partial charge in [-0.1, -0.05) is 17.7 Å². The molecule has 0 spiro atoms. The fourth-order valence-corrected chi connectivity index (χ4v) is 2.83. The van der Waals surface area contributed by atoms with Crippen molar-refractivity contribution in [3.05, 3.63) is 65.5 Å². The van der Waals surface area contributed by atoms with Crippen LogP contribution >= 0.6 is 0 Å². The number of aryl methyl sites for hydroxylation is 3. The molecule has 0 aliphatic rings. The average Bonchev–Trinajstić information content (AvgIpc) is 3.07. The quantitative estimate of drug-likeness (QED) is 0.572. The maximum atomic E-state index is 4.76. The molecular weight excluding hydrogens is 310 g/mol. The van der Waals surface area contributed by atoms with Crippen molar-refractivity contribution in [1.82, 2.24) is 20.2 Å². The van der Waals surface area contributed by atoms with Gasteiger partial charge in [-0.2, -0.15) is 5.10 Å². The summed E-state index contributed by atoms with van der Waals surface area (Å²) < 4.78 is 0. The van der Waals surface area contributed by atoms with E-state index < -0.39 is 0 Å². The Morgan fingerprint density at radius 3 is 2.68 bits per heavy atom. The summed E-state index contributed by atoms with van der Waals surface area (Å²) in [5.41, 5.74) is 6.42. The molecule has 0 fully saturated rings. The van der Waals surface area contributed by atoms with Crippen molar-refractivity contribution in [1.29, 1.82) is 0 Å². The van der Waals surface area contributed by atoms with Gasteiger partial charge in [-0.25, -0.2) is 9.97 Å². The van der Waals surface area contributed by atoms with Gasteiger partial charge in [0.2, 0.25) is 0 Å². The van der Waals surface area contributed by atoms with Crippen molar-refractivity contribution >= 4 is 22.4 Å². The molecule has 0 saturated heterocycles. The lowest BCUT2D eigenvalue weighted by molar-refractivity contribution is 1.12. The van der Waals surface area contributed by atoms with E-state index in [-0.39, 0.29) is 0 Å². The number of fused-ring (bicyclic) bond motifs is 1. The van der Waals surface area contributed by atoms with Crippen LogP contribution < -0.4 is 5.32 Å². The van der Waals surface area contributed by atoms with Crippen molar-refractivity contribution in [2.75, 3.05) is 5.32 Å². The van der Waals surface area contributed by atoms with Gasteiger partial charge >= 0.3 is 0 Å². The number of aromatic nitrogens is 4. The van der Waals surface area contributed by atoms with Crippen molar-refractivity contribution in [3.8, 4) is 11.4 Å². The Balaban J connectivity index is 1.73. The Hall–Kier alpha value is -3.21. The Kier molecular flexibility index (Phi) is 3.69. The van der Waals surface area contributed by atoms with Gasteiger partial charge in [0, 0.05) is 28.4 Å². The minimum absolute atomic E-state index is 0.735. The molecule has 2 heterocycles. The lowest BCUT2D eigenvalue weighted by atomic mass is 10.1. The molecule has 25 heavy (non-hydrogen) atoms. The minimum atomic E-state index is 0.735. The monoisotopic (exact) mass is 329 g/mol. The largest absolute Gasteiger partial charge is 0.340 e. The molecule has 124 valence electrons. The lowest BCUT2D eigenvalue weighted by Gasteiger charge is -2.12. The van der Waals surface area contributed by atoms with E-state index in [4.69, 9.17) is 4.98 Å². The summed E-state index contributed by atoms with van der Waals surface area (Å²) in [7, 11) is 0. The number of aromatic amines is 1. The van der Waals surface area contributed by atoms with Gasteiger partial charge in [0.1, 0.15) is 5.82 Å². The molecule has 2 N–H and O–H groups in total. The minimum Gasteiger partial charge on any atom is -0.340 e. The molecular formula is C20H19N5. The maximum Gasteiger partial charge on any atom is 0.161 e. The van der Waals surface area contributed by atoms with Gasteiger partial charge in [0.05, 0.1) is 11.7 Å². The van der Waals surface area contributed by atoms with Gasteiger partial charge in [-0.15, -0.1) is 0 Å². The Morgan fingerprint density at radius 1 is 0.920 bits per heavy atom. The van der Waals surface area contributed by atoms with Crippen LogP contribution in [0, 0.1) is 20.8 Å². The number of nitrogens with zero attached hydrogens (tertiary/aromatic N) is 3. The molecule has 0 bridgehead atoms. The summed E-state index contributed by atoms with van der Waals surface area (Å²) in [6, 6.07) is 12.4. The van der Waals surface area contributed by atoms with Crippen LogP contribution in [0.25, 0.3) is 22.3 Å². The van der Waals surface area contributed by atoms with E-state index in [0.717, 1.165) is 39.4 Å². The van der Waals surface area contributed by atoms with E-state index in [9.17, 15) is 0 Å². The first kappa shape index (κ1) is 15.3. The SMILES string of the molecule is Cc1ccc(C)c(-c2ncc(C)c(Nc3ccc4[nH]ncc4c3)n2)c1. The number of hydrogen-bond donors (Lipinski definition) is 2. The van der Waals surface area contributed by atoms with Crippen molar-refractivity contribution in [2.45, 2.75) is 20.8 Å². The van der Waals surface area contributed by atoms with Crippen LogP contribution in [0.4, 0.5) is 11.5 Å². The molecule has 0 aliphatic carbocycles. The normalized spacial score (nSPS) is 11.0. The first-order valence-corrected chi connectivity index (χ1v) is 8.21. The van der Waals surface area contributed by atoms with Gasteiger partial charge in [-0.3, -0.25) is 5.10 Å². The second kappa shape index (κ2) is 6.02. The molecule has 5 heteroatoms. The standard InChI is InChI=1S/C20H19N5/c1-12-4-5-13(2)17(8-12)20-21-10-14(3)19(24-20)23-16-6-7-18-15(9-16)11-22-25-18/h4-11H,1-3H3,(H,22,25)(H,21,23,24). The lowest BCUT2D eigenvalue weighted by Crippen LogP contribution is -2.01. The van der Waals surface area contributed by atoms with Crippen LogP contribution in [0.3, 0.4) is 0 Å². The maximum absolute atomic E-state index is 4.76. The fourth-order valence-electron chi connectivity index (χ4n) is 2.83. The van der Waals surface area contributed by atoms with Crippen molar-refractivity contribution < 1.29 is 0 Å². The van der Waals surface area contributed by atoms with E-state index in [1.54, 1.807) is 0 Å². The van der Waals surface area contributed by atoms with E-state index in [1.165, 1.54) is 11.1 Å². The number of hydrogen-bond acceptors (Lipinski definition) is 4. The van der Waals surface area contributed by atoms with Crippen molar-refractivity contribution in [2.24, 2.45) is 0 Å². The first-order valence-electron chi connectivity index (χ1n) is 8.21. The fraction of sp³-hybridized carbons (Fsp3) is 0.150. The molecule has 0 radical (unpaired) electrons. The van der Waals surface area contributed by atoms with E-state index in [1.807, 2.05) is 31.5 Å². The molecule has 0 aliphatic heterocycles. The highest BCUT2D eigenvalue weighted by molar-refractivity contribution is 5.83. The van der Waals surface area contributed by atoms with E-state index in [2.05, 4.69) is 58.6 Å². The van der Waals surface area contributed by atoms with Gasteiger partial charge in [-0.05, 0) is 50.6 Å². The van der Waals surface area contributed by atoms with Crippen LogP contribution in [0.2, 0.25) is 0 Å². The molecule has 0 unspecified atom stereocenters. The number of H-pyrrole nitrogens is 1. The van der Waals surface area contributed by atoms with Gasteiger partial charge in [0.25, 0.3) is 0 Å². The van der Waals surface area contributed by atoms with E-state index >= 15 is 0 Å². The zero-order chi connectivity index (χ0) is 17.4. The third-order valence-corrected chi connectivity index (χ3v) is 4.31. The first-order chi connectivity index (χ1) is 12.1. The number of nitrogens with one attached hydrogen (secondary N) is 2.